The van der Waals surface area contributed by atoms with Gasteiger partial charge in [0.25, 0.3) is 0 Å². The van der Waals surface area contributed by atoms with E-state index in [0.717, 1.165) is 6.42 Å². The van der Waals surface area contributed by atoms with Crippen molar-refractivity contribution >= 4 is 0 Å². The molecule has 2 atom stereocenters. The van der Waals surface area contributed by atoms with Crippen molar-refractivity contribution in [3.8, 4) is 0 Å². The van der Waals surface area contributed by atoms with Gasteiger partial charge in [0.15, 0.2) is 0 Å². The van der Waals surface area contributed by atoms with Gasteiger partial charge in [-0.3, -0.25) is 0 Å². The third kappa shape index (κ3) is 3.26. The highest BCUT2D eigenvalue weighted by molar-refractivity contribution is 5.01. The van der Waals surface area contributed by atoms with E-state index < -0.39 is 12.1 Å². The lowest BCUT2D eigenvalue weighted by Gasteiger charge is -2.26. The first-order valence-electron chi connectivity index (χ1n) is 6.59. The first-order chi connectivity index (χ1) is 8.91. The molecule has 0 bridgehead atoms. The van der Waals surface area contributed by atoms with Gasteiger partial charge in [-0.2, -0.15) is 13.2 Å². The lowest BCUT2D eigenvalue weighted by Crippen LogP contribution is -2.32. The van der Waals surface area contributed by atoms with Crippen LogP contribution in [0.3, 0.4) is 0 Å². The van der Waals surface area contributed by atoms with E-state index in [9.17, 15) is 13.2 Å². The summed E-state index contributed by atoms with van der Waals surface area (Å²) in [5, 5.41) is 8.02. The summed E-state index contributed by atoms with van der Waals surface area (Å²) < 4.78 is 40.0. The smallest absolute Gasteiger partial charge is 0.330 e. The predicted molar refractivity (Wildman–Crippen MR) is 64.4 cm³/mol. The number of alkyl halides is 3. The fraction of sp³-hybridized carbons (Fsp3) is 0.833. The molecule has 0 saturated carbocycles. The van der Waals surface area contributed by atoms with Crippen LogP contribution in [0.1, 0.15) is 31.4 Å². The Bertz CT molecular complexity index is 427. The van der Waals surface area contributed by atoms with Crippen LogP contribution in [0, 0.1) is 11.8 Å². The van der Waals surface area contributed by atoms with E-state index >= 15 is 0 Å². The second-order valence-electron chi connectivity index (χ2n) is 5.30. The molecule has 0 amide bonds. The van der Waals surface area contributed by atoms with E-state index in [2.05, 4.69) is 10.2 Å². The second-order valence-corrected chi connectivity index (χ2v) is 5.30. The number of nitrogens with two attached hydrogens (primary N) is 1. The molecule has 4 nitrogen and oxygen atoms in total. The quantitative estimate of drug-likeness (QED) is 0.914. The van der Waals surface area contributed by atoms with Gasteiger partial charge in [-0.15, -0.1) is 10.2 Å². The van der Waals surface area contributed by atoms with Crippen molar-refractivity contribution in [1.29, 1.82) is 0 Å². The summed E-state index contributed by atoms with van der Waals surface area (Å²) in [6, 6.07) is 0. The minimum absolute atomic E-state index is 0.0435. The number of nitrogens with zero attached hydrogens (tertiary/aromatic N) is 3. The summed E-state index contributed by atoms with van der Waals surface area (Å²) in [6.07, 6.45) is -2.21. The van der Waals surface area contributed by atoms with Crippen molar-refractivity contribution in [2.45, 2.75) is 45.3 Å². The van der Waals surface area contributed by atoms with Gasteiger partial charge in [0, 0.05) is 19.4 Å². The van der Waals surface area contributed by atoms with E-state index in [1.165, 1.54) is 0 Å². The SMILES string of the molecule is CC(CN)CCc1nnc2n1CC(C(F)(F)F)CC2. The Balaban J connectivity index is 2.07. The minimum Gasteiger partial charge on any atom is -0.330 e. The van der Waals surface area contributed by atoms with Gasteiger partial charge >= 0.3 is 6.18 Å². The molecule has 1 aromatic heterocycles. The first kappa shape index (κ1) is 14.3. The highest BCUT2D eigenvalue weighted by atomic mass is 19.4. The Morgan fingerprint density at radius 3 is 2.79 bits per heavy atom. The summed E-state index contributed by atoms with van der Waals surface area (Å²) in [5.74, 6) is 0.400. The second kappa shape index (κ2) is 5.48. The number of hydrogen-bond donors (Lipinski definition) is 1. The molecule has 0 saturated heterocycles. The van der Waals surface area contributed by atoms with Crippen LogP contribution >= 0.6 is 0 Å². The van der Waals surface area contributed by atoms with E-state index in [1.807, 2.05) is 6.92 Å². The zero-order valence-electron chi connectivity index (χ0n) is 11.0. The van der Waals surface area contributed by atoms with Crippen LogP contribution < -0.4 is 5.73 Å². The van der Waals surface area contributed by atoms with Crippen LogP contribution in [0.5, 0.6) is 0 Å². The van der Waals surface area contributed by atoms with Gasteiger partial charge in [-0.1, -0.05) is 6.92 Å². The van der Waals surface area contributed by atoms with Crippen LogP contribution in [0.2, 0.25) is 0 Å². The monoisotopic (exact) mass is 276 g/mol. The van der Waals surface area contributed by atoms with Crippen LogP contribution in [-0.2, 0) is 19.4 Å². The normalized spacial score (nSPS) is 21.2. The zero-order chi connectivity index (χ0) is 14.0. The van der Waals surface area contributed by atoms with Crippen molar-refractivity contribution in [1.82, 2.24) is 14.8 Å². The number of aromatic nitrogens is 3. The average molecular weight is 276 g/mol. The number of aryl methyl sites for hydroxylation is 2. The molecule has 19 heavy (non-hydrogen) atoms. The molecule has 2 N–H and O–H groups in total. The topological polar surface area (TPSA) is 56.7 Å². The number of hydrogen-bond acceptors (Lipinski definition) is 3. The summed E-state index contributed by atoms with van der Waals surface area (Å²) in [6.45, 7) is 2.55. The maximum Gasteiger partial charge on any atom is 0.393 e. The van der Waals surface area contributed by atoms with Crippen molar-refractivity contribution in [2.75, 3.05) is 6.54 Å². The molecular formula is C12H19F3N4. The Hall–Kier alpha value is -1.11. The molecule has 1 aliphatic rings. The fourth-order valence-corrected chi connectivity index (χ4v) is 2.33. The van der Waals surface area contributed by atoms with E-state index in [-0.39, 0.29) is 13.0 Å². The molecule has 108 valence electrons. The van der Waals surface area contributed by atoms with E-state index in [4.69, 9.17) is 5.73 Å². The maximum atomic E-state index is 12.8. The van der Waals surface area contributed by atoms with E-state index in [0.29, 0.717) is 37.0 Å². The Morgan fingerprint density at radius 2 is 2.16 bits per heavy atom. The standard InChI is InChI=1S/C12H19F3N4/c1-8(6-16)2-4-10-17-18-11-5-3-9(7-19(10)11)12(13,14)15/h8-9H,2-7,16H2,1H3. The molecule has 2 unspecified atom stereocenters. The lowest BCUT2D eigenvalue weighted by molar-refractivity contribution is -0.182. The molecule has 0 radical (unpaired) electrons. The largest absolute Gasteiger partial charge is 0.393 e. The summed E-state index contributed by atoms with van der Waals surface area (Å²) in [5.41, 5.74) is 5.54. The third-order valence-electron chi connectivity index (χ3n) is 3.75. The Kier molecular flexibility index (Phi) is 4.13. The summed E-state index contributed by atoms with van der Waals surface area (Å²) in [7, 11) is 0. The number of halogens is 3. The minimum atomic E-state index is -4.14. The summed E-state index contributed by atoms with van der Waals surface area (Å²) >= 11 is 0. The molecule has 0 aliphatic carbocycles. The predicted octanol–water partition coefficient (Wildman–Crippen LogP) is 1.93. The van der Waals surface area contributed by atoms with Crippen molar-refractivity contribution in [2.24, 2.45) is 17.6 Å². The maximum absolute atomic E-state index is 12.8. The molecule has 1 aromatic rings. The van der Waals surface area contributed by atoms with Crippen molar-refractivity contribution in [3.63, 3.8) is 0 Å². The molecule has 1 aliphatic heterocycles. The molecule has 2 heterocycles. The highest BCUT2D eigenvalue weighted by Gasteiger charge is 2.42. The van der Waals surface area contributed by atoms with Gasteiger partial charge in [-0.25, -0.2) is 0 Å². The van der Waals surface area contributed by atoms with Crippen molar-refractivity contribution in [3.05, 3.63) is 11.6 Å². The molecule has 0 aromatic carbocycles. The zero-order valence-corrected chi connectivity index (χ0v) is 11.0. The number of rotatable bonds is 4. The van der Waals surface area contributed by atoms with Gasteiger partial charge in [-0.05, 0) is 25.3 Å². The third-order valence-corrected chi connectivity index (χ3v) is 3.75. The van der Waals surface area contributed by atoms with Crippen LogP contribution in [0.15, 0.2) is 0 Å². The fourth-order valence-electron chi connectivity index (χ4n) is 2.33. The Morgan fingerprint density at radius 1 is 1.42 bits per heavy atom. The van der Waals surface area contributed by atoms with E-state index in [1.54, 1.807) is 4.57 Å². The summed E-state index contributed by atoms with van der Waals surface area (Å²) in [4.78, 5) is 0. The molecule has 7 heteroatoms. The molecule has 0 fully saturated rings. The average Bonchev–Trinajstić information content (AvgIpc) is 2.77. The molecule has 2 rings (SSSR count). The van der Waals surface area contributed by atoms with Crippen LogP contribution in [-0.4, -0.2) is 27.5 Å². The van der Waals surface area contributed by atoms with Gasteiger partial charge in [0.05, 0.1) is 5.92 Å². The van der Waals surface area contributed by atoms with Gasteiger partial charge in [0.1, 0.15) is 11.6 Å². The van der Waals surface area contributed by atoms with Crippen molar-refractivity contribution < 1.29 is 13.2 Å². The van der Waals surface area contributed by atoms with Crippen LogP contribution in [0.4, 0.5) is 13.2 Å². The Labute approximate surface area is 110 Å². The van der Waals surface area contributed by atoms with Gasteiger partial charge in [0.2, 0.25) is 0 Å². The van der Waals surface area contributed by atoms with Crippen LogP contribution in [0.25, 0.3) is 0 Å². The molecular weight excluding hydrogens is 257 g/mol. The molecule has 0 spiro atoms. The number of fused-ring (bicyclic) bond motifs is 1. The lowest BCUT2D eigenvalue weighted by atomic mass is 9.98. The first-order valence-corrected chi connectivity index (χ1v) is 6.59. The highest BCUT2D eigenvalue weighted by Crippen LogP contribution is 2.34. The van der Waals surface area contributed by atoms with Gasteiger partial charge < -0.3 is 10.3 Å².